The van der Waals surface area contributed by atoms with Crippen LogP contribution in [0.25, 0.3) is 11.0 Å². The summed E-state index contributed by atoms with van der Waals surface area (Å²) in [4.78, 5) is 20.4. The zero-order chi connectivity index (χ0) is 20.4. The van der Waals surface area contributed by atoms with Crippen molar-refractivity contribution in [3.63, 3.8) is 0 Å². The Morgan fingerprint density at radius 3 is 2.86 bits per heavy atom. The summed E-state index contributed by atoms with van der Waals surface area (Å²) < 4.78 is 7.47. The maximum Gasteiger partial charge on any atom is 0.227 e. The van der Waals surface area contributed by atoms with Gasteiger partial charge in [0.2, 0.25) is 5.91 Å². The number of amides is 1. The third-order valence-corrected chi connectivity index (χ3v) is 6.36. The number of methoxy groups -OCH3 is 1. The van der Waals surface area contributed by atoms with E-state index in [9.17, 15) is 4.79 Å². The van der Waals surface area contributed by atoms with Gasteiger partial charge in [-0.3, -0.25) is 4.79 Å². The maximum atomic E-state index is 13.3. The van der Waals surface area contributed by atoms with Gasteiger partial charge in [0.25, 0.3) is 0 Å². The Balaban J connectivity index is 1.63. The fourth-order valence-corrected chi connectivity index (χ4v) is 4.58. The minimum atomic E-state index is 0.0721. The van der Waals surface area contributed by atoms with Gasteiger partial charge in [-0.05, 0) is 64.6 Å². The molecular weight excluding hydrogens is 364 g/mol. The van der Waals surface area contributed by atoms with Crippen LogP contribution in [-0.2, 0) is 16.1 Å². The molecule has 6 heteroatoms. The number of fused-ring (bicyclic) bond motifs is 1. The number of rotatable bonds is 9. The lowest BCUT2D eigenvalue weighted by Crippen LogP contribution is -2.40. The summed E-state index contributed by atoms with van der Waals surface area (Å²) in [5.74, 6) is 0.451. The van der Waals surface area contributed by atoms with Crippen molar-refractivity contribution in [2.75, 3.05) is 26.8 Å². The predicted octanol–water partition coefficient (Wildman–Crippen LogP) is 3.43. The van der Waals surface area contributed by atoms with Crippen LogP contribution in [-0.4, -0.2) is 53.2 Å². The SMILES string of the molecule is COCCCCn1cc(C(C)N(C(=O)[C@@H]2CCNC2)C2CC2)c2ccc(C)nc21. The average molecular weight is 399 g/mol. The molecule has 2 fully saturated rings. The monoisotopic (exact) mass is 398 g/mol. The van der Waals surface area contributed by atoms with Crippen LogP contribution in [0, 0.1) is 12.8 Å². The number of hydrogen-bond donors (Lipinski definition) is 1. The maximum absolute atomic E-state index is 13.3. The number of nitrogens with one attached hydrogen (secondary N) is 1. The second kappa shape index (κ2) is 8.84. The van der Waals surface area contributed by atoms with Crippen LogP contribution in [0.5, 0.6) is 0 Å². The highest BCUT2D eigenvalue weighted by Crippen LogP contribution is 2.38. The highest BCUT2D eigenvalue weighted by molar-refractivity contribution is 5.84. The molecule has 1 aliphatic heterocycles. The molecule has 1 N–H and O–H groups in total. The fourth-order valence-electron chi connectivity index (χ4n) is 4.58. The molecule has 0 bridgehead atoms. The molecule has 2 atom stereocenters. The highest BCUT2D eigenvalue weighted by atomic mass is 16.5. The molecule has 4 rings (SSSR count). The van der Waals surface area contributed by atoms with Gasteiger partial charge in [0.1, 0.15) is 5.65 Å². The lowest BCUT2D eigenvalue weighted by Gasteiger charge is -2.31. The largest absolute Gasteiger partial charge is 0.385 e. The number of pyridine rings is 1. The van der Waals surface area contributed by atoms with Crippen molar-refractivity contribution in [3.8, 4) is 0 Å². The van der Waals surface area contributed by atoms with Crippen LogP contribution >= 0.6 is 0 Å². The molecule has 1 saturated heterocycles. The van der Waals surface area contributed by atoms with Gasteiger partial charge in [-0.15, -0.1) is 0 Å². The Bertz CT molecular complexity index is 852. The first kappa shape index (κ1) is 20.4. The molecule has 1 unspecified atom stereocenters. The normalized spacial score (nSPS) is 20.3. The van der Waals surface area contributed by atoms with Gasteiger partial charge < -0.3 is 19.5 Å². The van der Waals surface area contributed by atoms with Crippen molar-refractivity contribution in [1.29, 1.82) is 0 Å². The number of hydrogen-bond acceptors (Lipinski definition) is 4. The van der Waals surface area contributed by atoms with Gasteiger partial charge in [0.15, 0.2) is 0 Å². The van der Waals surface area contributed by atoms with Gasteiger partial charge in [-0.1, -0.05) is 0 Å². The average Bonchev–Trinajstić information content (AvgIpc) is 3.26. The number of aromatic nitrogens is 2. The lowest BCUT2D eigenvalue weighted by atomic mass is 10.0. The number of carbonyl (C=O) groups is 1. The van der Waals surface area contributed by atoms with E-state index in [1.54, 1.807) is 7.11 Å². The smallest absolute Gasteiger partial charge is 0.227 e. The van der Waals surface area contributed by atoms with Gasteiger partial charge >= 0.3 is 0 Å². The van der Waals surface area contributed by atoms with Gasteiger partial charge in [-0.2, -0.15) is 0 Å². The number of unbranched alkanes of at least 4 members (excludes halogenated alkanes) is 1. The van der Waals surface area contributed by atoms with E-state index in [1.807, 2.05) is 6.92 Å². The first-order valence-corrected chi connectivity index (χ1v) is 11.1. The van der Waals surface area contributed by atoms with Crippen LogP contribution in [0.2, 0.25) is 0 Å². The molecule has 29 heavy (non-hydrogen) atoms. The minimum absolute atomic E-state index is 0.0721. The Morgan fingerprint density at radius 1 is 1.34 bits per heavy atom. The minimum Gasteiger partial charge on any atom is -0.385 e. The van der Waals surface area contributed by atoms with Crippen LogP contribution in [0.15, 0.2) is 18.3 Å². The van der Waals surface area contributed by atoms with Crippen LogP contribution < -0.4 is 5.32 Å². The summed E-state index contributed by atoms with van der Waals surface area (Å²) >= 11 is 0. The molecule has 6 nitrogen and oxygen atoms in total. The highest BCUT2D eigenvalue weighted by Gasteiger charge is 2.40. The lowest BCUT2D eigenvalue weighted by molar-refractivity contribution is -0.137. The second-order valence-electron chi connectivity index (χ2n) is 8.64. The van der Waals surface area contributed by atoms with Gasteiger partial charge in [0.05, 0.1) is 12.0 Å². The number of nitrogens with zero attached hydrogens (tertiary/aromatic N) is 3. The molecule has 0 aromatic carbocycles. The zero-order valence-corrected chi connectivity index (χ0v) is 18.0. The Hall–Kier alpha value is -1.92. The number of carbonyl (C=O) groups excluding carboxylic acids is 1. The van der Waals surface area contributed by atoms with E-state index in [0.29, 0.717) is 11.9 Å². The molecular formula is C23H34N4O2. The van der Waals surface area contributed by atoms with Gasteiger partial charge in [0, 0.05) is 55.7 Å². The Kier molecular flexibility index (Phi) is 6.20. The summed E-state index contributed by atoms with van der Waals surface area (Å²) in [7, 11) is 1.75. The Morgan fingerprint density at radius 2 is 2.17 bits per heavy atom. The van der Waals surface area contributed by atoms with Crippen LogP contribution in [0.1, 0.15) is 56.3 Å². The van der Waals surface area contributed by atoms with Crippen molar-refractivity contribution >= 4 is 16.9 Å². The van der Waals surface area contributed by atoms with Crippen molar-refractivity contribution < 1.29 is 9.53 Å². The summed E-state index contributed by atoms with van der Waals surface area (Å²) in [6, 6.07) is 4.74. The molecule has 2 aromatic rings. The van der Waals surface area contributed by atoms with E-state index >= 15 is 0 Å². The van der Waals surface area contributed by atoms with E-state index in [-0.39, 0.29) is 12.0 Å². The zero-order valence-electron chi connectivity index (χ0n) is 18.0. The van der Waals surface area contributed by atoms with E-state index in [4.69, 9.17) is 9.72 Å². The van der Waals surface area contributed by atoms with E-state index < -0.39 is 0 Å². The summed E-state index contributed by atoms with van der Waals surface area (Å²) in [5, 5.41) is 4.53. The van der Waals surface area contributed by atoms with Crippen LogP contribution in [0.4, 0.5) is 0 Å². The summed E-state index contributed by atoms with van der Waals surface area (Å²) in [5.41, 5.74) is 3.29. The van der Waals surface area contributed by atoms with Crippen molar-refractivity contribution in [1.82, 2.24) is 19.8 Å². The molecule has 0 spiro atoms. The van der Waals surface area contributed by atoms with E-state index in [0.717, 1.165) is 69.7 Å². The third-order valence-electron chi connectivity index (χ3n) is 6.36. The van der Waals surface area contributed by atoms with Crippen molar-refractivity contribution in [2.24, 2.45) is 5.92 Å². The number of ether oxygens (including phenoxy) is 1. The van der Waals surface area contributed by atoms with Crippen molar-refractivity contribution in [2.45, 2.75) is 64.6 Å². The number of aryl methyl sites for hydroxylation is 2. The summed E-state index contributed by atoms with van der Waals surface area (Å²) in [6.07, 6.45) is 7.54. The molecule has 158 valence electrons. The van der Waals surface area contributed by atoms with E-state index in [2.05, 4.69) is 40.0 Å². The first-order valence-electron chi connectivity index (χ1n) is 11.1. The fraction of sp³-hybridized carbons (Fsp3) is 0.652. The molecule has 3 heterocycles. The second-order valence-corrected chi connectivity index (χ2v) is 8.64. The molecule has 1 aliphatic carbocycles. The van der Waals surface area contributed by atoms with Crippen molar-refractivity contribution in [3.05, 3.63) is 29.6 Å². The quantitative estimate of drug-likeness (QED) is 0.658. The van der Waals surface area contributed by atoms with E-state index in [1.165, 1.54) is 10.9 Å². The summed E-state index contributed by atoms with van der Waals surface area (Å²) in [6.45, 7) is 7.71. The standard InChI is InChI=1S/C23H34N4O2/c1-16-6-9-20-21(15-26(22(20)25-16)12-4-5-13-29-3)17(2)27(19-7-8-19)23(28)18-10-11-24-14-18/h6,9,15,17-19,24H,4-5,7-8,10-14H2,1-3H3/t17?,18-/m1/s1. The predicted molar refractivity (Wildman–Crippen MR) is 115 cm³/mol. The molecule has 1 amide bonds. The molecule has 0 radical (unpaired) electrons. The molecule has 2 aromatic heterocycles. The first-order chi connectivity index (χ1) is 14.1. The van der Waals surface area contributed by atoms with Gasteiger partial charge in [-0.25, -0.2) is 4.98 Å². The third kappa shape index (κ3) is 4.33. The Labute approximate surface area is 173 Å². The topological polar surface area (TPSA) is 59.4 Å². The molecule has 1 saturated carbocycles. The molecule has 2 aliphatic rings. The van der Waals surface area contributed by atoms with Crippen LogP contribution in [0.3, 0.4) is 0 Å².